The molecule has 7 nitrogen and oxygen atoms in total. The maximum atomic E-state index is 13.4. The summed E-state index contributed by atoms with van der Waals surface area (Å²) < 4.78 is 19.1. The van der Waals surface area contributed by atoms with Gasteiger partial charge >= 0.3 is 6.09 Å². The Morgan fingerprint density at radius 3 is 2.97 bits per heavy atom. The van der Waals surface area contributed by atoms with E-state index in [0.29, 0.717) is 34.4 Å². The van der Waals surface area contributed by atoms with Crippen molar-refractivity contribution in [2.24, 2.45) is 0 Å². The van der Waals surface area contributed by atoms with Crippen molar-refractivity contribution >= 4 is 50.8 Å². The predicted octanol–water partition coefficient (Wildman–Crippen LogP) is 6.30. The molecule has 0 bridgehead atoms. The van der Waals surface area contributed by atoms with E-state index in [9.17, 15) is 14.3 Å². The van der Waals surface area contributed by atoms with Crippen LogP contribution in [0.25, 0.3) is 10.2 Å². The van der Waals surface area contributed by atoms with Gasteiger partial charge in [0.1, 0.15) is 35.1 Å². The van der Waals surface area contributed by atoms with E-state index in [2.05, 4.69) is 27.1 Å². The minimum atomic E-state index is -0.940. The number of halogens is 2. The molecule has 2 aromatic heterocycles. The predicted molar refractivity (Wildman–Crippen MR) is 138 cm³/mol. The number of hydrogen-bond acceptors (Lipinski definition) is 6. The Morgan fingerprint density at radius 2 is 2.17 bits per heavy atom. The Bertz CT molecular complexity index is 1500. The van der Waals surface area contributed by atoms with E-state index in [-0.39, 0.29) is 18.5 Å². The van der Waals surface area contributed by atoms with Gasteiger partial charge in [-0.25, -0.2) is 19.2 Å². The van der Waals surface area contributed by atoms with Crippen LogP contribution in [0.2, 0.25) is 5.02 Å². The van der Waals surface area contributed by atoms with E-state index in [1.54, 1.807) is 24.3 Å². The first kappa shape index (κ1) is 23.9. The second-order valence-electron chi connectivity index (χ2n) is 8.14. The summed E-state index contributed by atoms with van der Waals surface area (Å²) >= 11 is 7.84. The van der Waals surface area contributed by atoms with Gasteiger partial charge in [-0.3, -0.25) is 4.90 Å². The van der Waals surface area contributed by atoms with E-state index in [0.717, 1.165) is 27.9 Å². The maximum Gasteiger partial charge on any atom is 0.408 e. The average molecular weight is 523 g/mol. The molecular formula is C26H20ClFN4O3S. The summed E-state index contributed by atoms with van der Waals surface area (Å²) in [7, 11) is 0. The second-order valence-corrected chi connectivity index (χ2v) is 9.58. The van der Waals surface area contributed by atoms with Gasteiger partial charge in [0.15, 0.2) is 0 Å². The molecular weight excluding hydrogens is 503 g/mol. The molecule has 1 aliphatic rings. The number of carboxylic acid groups (broad SMARTS) is 1. The molecule has 0 spiro atoms. The van der Waals surface area contributed by atoms with E-state index < -0.39 is 6.09 Å². The first-order valence-corrected chi connectivity index (χ1v) is 12.4. The van der Waals surface area contributed by atoms with E-state index in [1.807, 2.05) is 12.1 Å². The van der Waals surface area contributed by atoms with Crippen molar-refractivity contribution in [2.75, 3.05) is 11.9 Å². The first-order chi connectivity index (χ1) is 17.5. The number of aromatic nitrogens is 2. The van der Waals surface area contributed by atoms with Crippen molar-refractivity contribution in [2.45, 2.75) is 25.5 Å². The average Bonchev–Trinajstić information content (AvgIpc) is 3.50. The van der Waals surface area contributed by atoms with Gasteiger partial charge in [-0.1, -0.05) is 35.6 Å². The van der Waals surface area contributed by atoms with Gasteiger partial charge in [-0.15, -0.1) is 11.3 Å². The van der Waals surface area contributed by atoms with Crippen LogP contribution in [-0.4, -0.2) is 38.7 Å². The lowest BCUT2D eigenvalue weighted by molar-refractivity contribution is 0.148. The molecule has 0 radical (unpaired) electrons. The number of likely N-dealkylation sites (tertiary alicyclic amines) is 1. The molecule has 0 unspecified atom stereocenters. The number of amides is 1. The minimum Gasteiger partial charge on any atom is -0.487 e. The van der Waals surface area contributed by atoms with Crippen LogP contribution in [0.4, 0.5) is 20.7 Å². The third kappa shape index (κ3) is 5.35. The number of anilines is 2. The number of rotatable bonds is 5. The number of fused-ring (bicyclic) bond motifs is 1. The number of nitrogens with one attached hydrogen (secondary N) is 1. The Balaban J connectivity index is 1.31. The molecule has 1 amide bonds. The number of ether oxygens (including phenoxy) is 1. The number of benzene rings is 2. The fourth-order valence-electron chi connectivity index (χ4n) is 3.94. The van der Waals surface area contributed by atoms with Gasteiger partial charge in [0, 0.05) is 12.2 Å². The standard InChI is InChI=1S/C26H20ClFN4O3S/c27-22-12-18(6-9-23(22)35-14-16-3-1-4-17(28)11-16)31-24-21-13-20(36-25(21)30-15-29-24)8-7-19-5-2-10-32(19)26(33)34/h1,3-4,6,9,11-13,15,19H,2,5,10,14H2,(H,33,34)(H,29,30,31)/t19-/m1/s1. The third-order valence-corrected chi connectivity index (χ3v) is 6.92. The molecule has 10 heteroatoms. The van der Waals surface area contributed by atoms with Crippen LogP contribution in [0.1, 0.15) is 23.3 Å². The largest absolute Gasteiger partial charge is 0.487 e. The van der Waals surface area contributed by atoms with Gasteiger partial charge in [0.2, 0.25) is 0 Å². The Morgan fingerprint density at radius 1 is 1.28 bits per heavy atom. The summed E-state index contributed by atoms with van der Waals surface area (Å²) in [5, 5.41) is 13.8. The molecule has 1 aliphatic heterocycles. The van der Waals surface area contributed by atoms with Gasteiger partial charge in [-0.2, -0.15) is 0 Å². The van der Waals surface area contributed by atoms with Crippen molar-refractivity contribution in [3.63, 3.8) is 0 Å². The maximum absolute atomic E-state index is 13.4. The second kappa shape index (κ2) is 10.4. The molecule has 182 valence electrons. The lowest BCUT2D eigenvalue weighted by Crippen LogP contribution is -2.33. The number of nitrogens with zero attached hydrogens (tertiary/aromatic N) is 3. The summed E-state index contributed by atoms with van der Waals surface area (Å²) in [6.07, 6.45) is 2.08. The van der Waals surface area contributed by atoms with Crippen molar-refractivity contribution in [1.29, 1.82) is 0 Å². The highest BCUT2D eigenvalue weighted by Gasteiger charge is 2.26. The molecule has 0 aliphatic carbocycles. The van der Waals surface area contributed by atoms with Crippen molar-refractivity contribution in [1.82, 2.24) is 14.9 Å². The van der Waals surface area contributed by atoms with Crippen LogP contribution >= 0.6 is 22.9 Å². The van der Waals surface area contributed by atoms with Gasteiger partial charge in [0.25, 0.3) is 0 Å². The number of carbonyl (C=O) groups is 1. The smallest absolute Gasteiger partial charge is 0.408 e. The molecule has 1 atom stereocenters. The minimum absolute atomic E-state index is 0.195. The Hall–Kier alpha value is -3.87. The van der Waals surface area contributed by atoms with E-state index in [1.165, 1.54) is 34.7 Å². The summed E-state index contributed by atoms with van der Waals surface area (Å²) in [6, 6.07) is 13.1. The van der Waals surface area contributed by atoms with Crippen LogP contribution in [-0.2, 0) is 6.61 Å². The first-order valence-electron chi connectivity index (χ1n) is 11.2. The highest BCUT2D eigenvalue weighted by Crippen LogP contribution is 2.33. The highest BCUT2D eigenvalue weighted by molar-refractivity contribution is 7.19. The van der Waals surface area contributed by atoms with Crippen LogP contribution in [0.3, 0.4) is 0 Å². The summed E-state index contributed by atoms with van der Waals surface area (Å²) in [6.45, 7) is 0.707. The summed E-state index contributed by atoms with van der Waals surface area (Å²) in [5.41, 5.74) is 1.41. The monoisotopic (exact) mass is 522 g/mol. The fraction of sp³-hybridized carbons (Fsp3) is 0.192. The van der Waals surface area contributed by atoms with E-state index in [4.69, 9.17) is 16.3 Å². The van der Waals surface area contributed by atoms with Crippen LogP contribution in [0.15, 0.2) is 54.9 Å². The van der Waals surface area contributed by atoms with Crippen molar-refractivity contribution in [3.8, 4) is 17.6 Å². The van der Waals surface area contributed by atoms with Crippen molar-refractivity contribution in [3.05, 3.63) is 76.1 Å². The quantitative estimate of drug-likeness (QED) is 0.299. The zero-order valence-corrected chi connectivity index (χ0v) is 20.4. The molecule has 2 N–H and O–H groups in total. The van der Waals surface area contributed by atoms with Gasteiger partial charge in [0.05, 0.1) is 21.3 Å². The molecule has 5 rings (SSSR count). The molecule has 3 heterocycles. The molecule has 4 aromatic rings. The Kier molecular flexibility index (Phi) is 6.89. The summed E-state index contributed by atoms with van der Waals surface area (Å²) in [5.74, 6) is 6.95. The normalized spacial score (nSPS) is 14.9. The van der Waals surface area contributed by atoms with Crippen molar-refractivity contribution < 1.29 is 19.0 Å². The topological polar surface area (TPSA) is 87.6 Å². The van der Waals surface area contributed by atoms with E-state index >= 15 is 0 Å². The third-order valence-electron chi connectivity index (χ3n) is 5.67. The zero-order chi connectivity index (χ0) is 25.1. The van der Waals surface area contributed by atoms with Gasteiger partial charge < -0.3 is 15.2 Å². The lowest BCUT2D eigenvalue weighted by atomic mass is 10.2. The molecule has 36 heavy (non-hydrogen) atoms. The Labute approximate surface area is 215 Å². The number of thiophene rings is 1. The van der Waals surface area contributed by atoms with Crippen LogP contribution in [0.5, 0.6) is 5.75 Å². The van der Waals surface area contributed by atoms with Crippen LogP contribution < -0.4 is 10.1 Å². The lowest BCUT2D eigenvalue weighted by Gasteiger charge is -2.15. The molecule has 0 saturated carbocycles. The molecule has 1 fully saturated rings. The van der Waals surface area contributed by atoms with Gasteiger partial charge in [-0.05, 0) is 54.8 Å². The fourth-order valence-corrected chi connectivity index (χ4v) is 5.03. The summed E-state index contributed by atoms with van der Waals surface area (Å²) in [4.78, 5) is 23.0. The number of hydrogen-bond donors (Lipinski definition) is 2. The van der Waals surface area contributed by atoms with Crippen LogP contribution in [0, 0.1) is 17.7 Å². The SMILES string of the molecule is O=C(O)N1CCC[C@@H]1C#Cc1cc2c(Nc3ccc(OCc4cccc(F)c4)c(Cl)c3)ncnc2s1. The molecule has 1 saturated heterocycles. The molecule has 2 aromatic carbocycles. The highest BCUT2D eigenvalue weighted by atomic mass is 35.5. The zero-order valence-electron chi connectivity index (χ0n) is 18.9.